The fraction of sp³-hybridized carbons (Fsp3) is 0. The Kier molecular flexibility index (Phi) is 2.84. The zero-order valence-electron chi connectivity index (χ0n) is 9.57. The quantitative estimate of drug-likeness (QED) is 0.736. The van der Waals surface area contributed by atoms with E-state index in [1.54, 1.807) is 28.8 Å². The highest BCUT2D eigenvalue weighted by molar-refractivity contribution is 6.38. The van der Waals surface area contributed by atoms with Crippen LogP contribution in [0.1, 0.15) is 0 Å². The van der Waals surface area contributed by atoms with E-state index >= 15 is 0 Å². The summed E-state index contributed by atoms with van der Waals surface area (Å²) in [5.41, 5.74) is 7.48. The molecule has 0 amide bonds. The minimum atomic E-state index is -0.378. The fourth-order valence-corrected chi connectivity index (χ4v) is 2.57. The molecule has 0 saturated heterocycles. The molecule has 3 nitrogen and oxygen atoms in total. The first-order valence-corrected chi connectivity index (χ1v) is 6.21. The van der Waals surface area contributed by atoms with Crippen molar-refractivity contribution < 1.29 is 4.39 Å². The van der Waals surface area contributed by atoms with Gasteiger partial charge in [-0.15, -0.1) is 0 Å². The number of halogens is 3. The van der Waals surface area contributed by atoms with Crippen LogP contribution in [0.25, 0.3) is 16.7 Å². The third-order valence-corrected chi connectivity index (χ3v) is 3.41. The van der Waals surface area contributed by atoms with E-state index in [2.05, 4.69) is 4.98 Å². The highest BCUT2D eigenvalue weighted by Gasteiger charge is 2.15. The van der Waals surface area contributed by atoms with E-state index < -0.39 is 0 Å². The lowest BCUT2D eigenvalue weighted by molar-refractivity contribution is 0.629. The van der Waals surface area contributed by atoms with Gasteiger partial charge in [-0.25, -0.2) is 9.37 Å². The molecule has 96 valence electrons. The lowest BCUT2D eigenvalue weighted by atomic mass is 10.2. The van der Waals surface area contributed by atoms with Gasteiger partial charge in [0.1, 0.15) is 5.82 Å². The summed E-state index contributed by atoms with van der Waals surface area (Å²) in [6.07, 6.45) is 0. The Hall–Kier alpha value is -1.78. The summed E-state index contributed by atoms with van der Waals surface area (Å²) in [7, 11) is 0. The van der Waals surface area contributed by atoms with Crippen molar-refractivity contribution in [3.8, 4) is 5.69 Å². The predicted molar refractivity (Wildman–Crippen MR) is 75.5 cm³/mol. The number of aromatic nitrogens is 2. The molecule has 0 spiro atoms. The normalized spacial score (nSPS) is 11.1. The van der Waals surface area contributed by atoms with E-state index in [-0.39, 0.29) is 11.8 Å². The zero-order valence-corrected chi connectivity index (χ0v) is 11.1. The van der Waals surface area contributed by atoms with Crippen molar-refractivity contribution >= 4 is 40.2 Å². The van der Waals surface area contributed by atoms with Gasteiger partial charge in [-0.05, 0) is 24.3 Å². The average Bonchev–Trinajstić information content (AvgIpc) is 2.66. The largest absolute Gasteiger partial charge is 0.369 e. The molecule has 2 N–H and O–H groups in total. The molecule has 3 rings (SSSR count). The summed E-state index contributed by atoms with van der Waals surface area (Å²) in [4.78, 5) is 4.17. The SMILES string of the molecule is Nc1nc2ccc(F)cc2n1-c1c(Cl)cccc1Cl. The number of anilines is 1. The predicted octanol–water partition coefficient (Wildman–Crippen LogP) is 4.05. The van der Waals surface area contributed by atoms with Gasteiger partial charge in [0.05, 0.1) is 26.8 Å². The molecule has 0 radical (unpaired) electrons. The number of rotatable bonds is 1. The van der Waals surface area contributed by atoms with Crippen LogP contribution in [0.2, 0.25) is 10.0 Å². The second-order valence-corrected chi connectivity index (χ2v) is 4.82. The average molecular weight is 296 g/mol. The maximum absolute atomic E-state index is 13.4. The van der Waals surface area contributed by atoms with E-state index in [1.807, 2.05) is 0 Å². The van der Waals surface area contributed by atoms with Crippen LogP contribution in [0, 0.1) is 5.82 Å². The van der Waals surface area contributed by atoms with Gasteiger partial charge < -0.3 is 5.73 Å². The van der Waals surface area contributed by atoms with Gasteiger partial charge >= 0.3 is 0 Å². The molecular weight excluding hydrogens is 288 g/mol. The first-order chi connectivity index (χ1) is 9.08. The Morgan fingerprint density at radius 2 is 1.79 bits per heavy atom. The molecule has 0 fully saturated rings. The van der Waals surface area contributed by atoms with Crippen LogP contribution in [-0.4, -0.2) is 9.55 Å². The van der Waals surface area contributed by atoms with Crippen LogP contribution in [0.4, 0.5) is 10.3 Å². The van der Waals surface area contributed by atoms with Crippen LogP contribution in [0.3, 0.4) is 0 Å². The molecule has 19 heavy (non-hydrogen) atoms. The maximum atomic E-state index is 13.4. The zero-order chi connectivity index (χ0) is 13.6. The summed E-state index contributed by atoms with van der Waals surface area (Å²) < 4.78 is 14.9. The van der Waals surface area contributed by atoms with Gasteiger partial charge in [0, 0.05) is 6.07 Å². The van der Waals surface area contributed by atoms with E-state index in [1.165, 1.54) is 12.1 Å². The fourth-order valence-electron chi connectivity index (χ4n) is 2.00. The van der Waals surface area contributed by atoms with Crippen LogP contribution >= 0.6 is 23.2 Å². The van der Waals surface area contributed by atoms with E-state index in [4.69, 9.17) is 28.9 Å². The maximum Gasteiger partial charge on any atom is 0.206 e. The number of benzene rings is 2. The summed E-state index contributed by atoms with van der Waals surface area (Å²) in [6.45, 7) is 0. The van der Waals surface area contributed by atoms with Crippen molar-refractivity contribution in [2.75, 3.05) is 5.73 Å². The first kappa shape index (κ1) is 12.3. The number of hydrogen-bond donors (Lipinski definition) is 1. The smallest absolute Gasteiger partial charge is 0.206 e. The number of nitrogens with two attached hydrogens (primary N) is 1. The molecule has 1 heterocycles. The molecule has 0 aliphatic carbocycles. The number of imidazole rings is 1. The molecule has 0 bridgehead atoms. The molecule has 6 heteroatoms. The van der Waals surface area contributed by atoms with Crippen molar-refractivity contribution in [1.82, 2.24) is 9.55 Å². The summed E-state index contributed by atoms with van der Waals surface area (Å²) in [5.74, 6) is -0.174. The minimum Gasteiger partial charge on any atom is -0.369 e. The van der Waals surface area contributed by atoms with E-state index in [9.17, 15) is 4.39 Å². The van der Waals surface area contributed by atoms with Gasteiger partial charge in [-0.1, -0.05) is 29.3 Å². The standard InChI is InChI=1S/C13H8Cl2FN3/c14-8-2-1-3-9(15)12(8)19-11-6-7(16)4-5-10(11)18-13(19)17/h1-6H,(H2,17,18). The molecule has 0 unspecified atom stereocenters. The Bertz CT molecular complexity index is 763. The highest BCUT2D eigenvalue weighted by Crippen LogP contribution is 2.33. The third-order valence-electron chi connectivity index (χ3n) is 2.80. The Balaban J connectivity index is 2.42. The molecule has 0 atom stereocenters. The summed E-state index contributed by atoms with van der Waals surface area (Å²) >= 11 is 12.3. The Labute approximate surface area is 118 Å². The summed E-state index contributed by atoms with van der Waals surface area (Å²) in [6, 6.07) is 9.33. The van der Waals surface area contributed by atoms with Gasteiger partial charge in [0.15, 0.2) is 0 Å². The molecule has 0 aliphatic rings. The van der Waals surface area contributed by atoms with Crippen molar-refractivity contribution in [2.45, 2.75) is 0 Å². The Morgan fingerprint density at radius 3 is 2.47 bits per heavy atom. The molecule has 0 aliphatic heterocycles. The number of hydrogen-bond acceptors (Lipinski definition) is 2. The van der Waals surface area contributed by atoms with Crippen LogP contribution in [-0.2, 0) is 0 Å². The van der Waals surface area contributed by atoms with E-state index in [0.717, 1.165) is 0 Å². The summed E-state index contributed by atoms with van der Waals surface area (Å²) in [5, 5.41) is 0.838. The van der Waals surface area contributed by atoms with Crippen LogP contribution in [0.5, 0.6) is 0 Å². The lowest BCUT2D eigenvalue weighted by Crippen LogP contribution is -2.02. The number of para-hydroxylation sites is 1. The van der Waals surface area contributed by atoms with Gasteiger partial charge in [-0.3, -0.25) is 4.57 Å². The molecule has 0 saturated carbocycles. The van der Waals surface area contributed by atoms with Gasteiger partial charge in [0.2, 0.25) is 5.95 Å². The first-order valence-electron chi connectivity index (χ1n) is 5.46. The third kappa shape index (κ3) is 1.93. The highest BCUT2D eigenvalue weighted by atomic mass is 35.5. The van der Waals surface area contributed by atoms with Crippen LogP contribution < -0.4 is 5.73 Å². The number of nitrogen functional groups attached to an aromatic ring is 1. The van der Waals surface area contributed by atoms with Crippen molar-refractivity contribution in [3.63, 3.8) is 0 Å². The topological polar surface area (TPSA) is 43.8 Å². The van der Waals surface area contributed by atoms with Crippen molar-refractivity contribution in [1.29, 1.82) is 0 Å². The monoisotopic (exact) mass is 295 g/mol. The van der Waals surface area contributed by atoms with Crippen molar-refractivity contribution in [3.05, 3.63) is 52.3 Å². The molecule has 1 aromatic heterocycles. The van der Waals surface area contributed by atoms with E-state index in [0.29, 0.717) is 26.8 Å². The number of nitrogens with zero attached hydrogens (tertiary/aromatic N) is 2. The van der Waals surface area contributed by atoms with Gasteiger partial charge in [-0.2, -0.15) is 0 Å². The Morgan fingerprint density at radius 1 is 1.11 bits per heavy atom. The van der Waals surface area contributed by atoms with Crippen molar-refractivity contribution in [2.24, 2.45) is 0 Å². The second-order valence-electron chi connectivity index (χ2n) is 4.01. The molecule has 2 aromatic carbocycles. The molecule has 3 aromatic rings. The lowest BCUT2D eigenvalue weighted by Gasteiger charge is -2.10. The number of fused-ring (bicyclic) bond motifs is 1. The minimum absolute atomic E-state index is 0.204. The molecular formula is C13H8Cl2FN3. The second kappa shape index (κ2) is 4.40. The van der Waals surface area contributed by atoms with Gasteiger partial charge in [0.25, 0.3) is 0 Å². The van der Waals surface area contributed by atoms with Crippen LogP contribution in [0.15, 0.2) is 36.4 Å².